The van der Waals surface area contributed by atoms with Crippen molar-refractivity contribution < 1.29 is 18.0 Å². The maximum absolute atomic E-state index is 13.9. The summed E-state index contributed by atoms with van der Waals surface area (Å²) in [6.45, 7) is 3.31. The van der Waals surface area contributed by atoms with Crippen molar-refractivity contribution >= 4 is 50.7 Å². The molecule has 0 aliphatic rings. The molecular weight excluding hydrogens is 533 g/mol. The highest BCUT2D eigenvalue weighted by atomic mass is 35.5. The van der Waals surface area contributed by atoms with Crippen LogP contribution in [0.3, 0.4) is 0 Å². The van der Waals surface area contributed by atoms with Gasteiger partial charge in [-0.05, 0) is 54.8 Å². The molecule has 3 aromatic rings. The van der Waals surface area contributed by atoms with Crippen LogP contribution < -0.4 is 9.62 Å². The van der Waals surface area contributed by atoms with E-state index in [1.165, 1.54) is 42.3 Å². The first-order valence-corrected chi connectivity index (χ1v) is 13.9. The Bertz CT molecular complexity index is 1370. The summed E-state index contributed by atoms with van der Waals surface area (Å²) in [5.41, 5.74) is 1.98. The van der Waals surface area contributed by atoms with Crippen molar-refractivity contribution in [3.63, 3.8) is 0 Å². The van der Waals surface area contributed by atoms with E-state index in [0.29, 0.717) is 6.42 Å². The Morgan fingerprint density at radius 1 is 0.946 bits per heavy atom. The van der Waals surface area contributed by atoms with Gasteiger partial charge in [0.1, 0.15) is 12.6 Å². The van der Waals surface area contributed by atoms with Gasteiger partial charge in [0, 0.05) is 13.6 Å². The number of amides is 2. The van der Waals surface area contributed by atoms with Crippen molar-refractivity contribution in [1.29, 1.82) is 0 Å². The average molecular weight is 563 g/mol. The third kappa shape index (κ3) is 6.63. The maximum atomic E-state index is 13.9. The zero-order valence-corrected chi connectivity index (χ0v) is 23.1. The second-order valence-corrected chi connectivity index (χ2v) is 11.1. The summed E-state index contributed by atoms with van der Waals surface area (Å²) in [4.78, 5) is 28.1. The number of rotatable bonds is 10. The van der Waals surface area contributed by atoms with Gasteiger partial charge in [-0.25, -0.2) is 8.42 Å². The lowest BCUT2D eigenvalue weighted by Crippen LogP contribution is -2.51. The van der Waals surface area contributed by atoms with E-state index in [1.807, 2.05) is 31.2 Å². The quantitative estimate of drug-likeness (QED) is 0.375. The molecule has 3 rings (SSSR count). The molecule has 0 heterocycles. The first-order valence-electron chi connectivity index (χ1n) is 11.7. The number of carbonyl (C=O) groups excluding carboxylic acids is 2. The van der Waals surface area contributed by atoms with E-state index in [-0.39, 0.29) is 33.1 Å². The molecule has 0 radical (unpaired) electrons. The number of nitrogens with zero attached hydrogens (tertiary/aromatic N) is 2. The van der Waals surface area contributed by atoms with Crippen LogP contribution >= 0.6 is 23.2 Å². The molecule has 1 atom stereocenters. The van der Waals surface area contributed by atoms with E-state index in [9.17, 15) is 18.0 Å². The number of nitrogens with one attached hydrogen (secondary N) is 1. The maximum Gasteiger partial charge on any atom is 0.264 e. The predicted octanol–water partition coefficient (Wildman–Crippen LogP) is 5.05. The highest BCUT2D eigenvalue weighted by Gasteiger charge is 2.33. The Balaban J connectivity index is 2.09. The zero-order valence-electron chi connectivity index (χ0n) is 20.8. The van der Waals surface area contributed by atoms with Gasteiger partial charge in [0.15, 0.2) is 0 Å². The van der Waals surface area contributed by atoms with Gasteiger partial charge in [0.2, 0.25) is 11.8 Å². The molecule has 196 valence electrons. The summed E-state index contributed by atoms with van der Waals surface area (Å²) < 4.78 is 28.5. The Kier molecular flexibility index (Phi) is 9.59. The summed E-state index contributed by atoms with van der Waals surface area (Å²) in [6.07, 6.45) is 0.343. The van der Waals surface area contributed by atoms with Crippen molar-refractivity contribution in [3.05, 3.63) is 94.0 Å². The molecule has 0 saturated carbocycles. The number of sulfonamides is 1. The Labute approximate surface area is 228 Å². The second kappa shape index (κ2) is 12.4. The molecule has 10 heteroatoms. The minimum absolute atomic E-state index is 0.0117. The highest BCUT2D eigenvalue weighted by Crippen LogP contribution is 2.31. The molecule has 2 amide bonds. The van der Waals surface area contributed by atoms with Gasteiger partial charge in [0.05, 0.1) is 20.6 Å². The molecule has 0 unspecified atom stereocenters. The third-order valence-electron chi connectivity index (χ3n) is 6.04. The lowest BCUT2D eigenvalue weighted by molar-refractivity contribution is -0.140. The first kappa shape index (κ1) is 28.5. The van der Waals surface area contributed by atoms with E-state index in [1.54, 1.807) is 25.1 Å². The Hall–Kier alpha value is -3.07. The smallest absolute Gasteiger partial charge is 0.264 e. The molecule has 0 aliphatic heterocycles. The predicted molar refractivity (Wildman–Crippen MR) is 147 cm³/mol. The van der Waals surface area contributed by atoms with Gasteiger partial charge in [-0.2, -0.15) is 0 Å². The van der Waals surface area contributed by atoms with Gasteiger partial charge in [0.25, 0.3) is 10.0 Å². The van der Waals surface area contributed by atoms with Crippen molar-refractivity contribution in [3.8, 4) is 0 Å². The normalized spacial score (nSPS) is 12.0. The van der Waals surface area contributed by atoms with Gasteiger partial charge < -0.3 is 10.2 Å². The molecule has 7 nitrogen and oxygen atoms in total. The fourth-order valence-corrected chi connectivity index (χ4v) is 5.67. The first-order chi connectivity index (χ1) is 17.6. The molecule has 3 aromatic carbocycles. The van der Waals surface area contributed by atoms with Crippen LogP contribution in [-0.2, 0) is 26.2 Å². The minimum Gasteiger partial charge on any atom is -0.357 e. The number of anilines is 1. The molecule has 0 aromatic heterocycles. The molecule has 0 spiro atoms. The van der Waals surface area contributed by atoms with E-state index < -0.39 is 28.5 Å². The summed E-state index contributed by atoms with van der Waals surface area (Å²) in [5, 5.41) is 3.01. The largest absolute Gasteiger partial charge is 0.357 e. The summed E-state index contributed by atoms with van der Waals surface area (Å²) in [7, 11) is -2.66. The van der Waals surface area contributed by atoms with Crippen LogP contribution in [0.5, 0.6) is 0 Å². The fraction of sp³-hybridized carbons (Fsp3) is 0.259. The lowest BCUT2D eigenvalue weighted by Gasteiger charge is -2.33. The standard InChI is InChI=1S/C27H29Cl2N3O4S/c1-4-25(27(34)30-3)31(17-20-11-9-8-10-19(20)2)26(33)18-32(21-14-15-23(28)24(29)16-21)37(35,36)22-12-6-5-7-13-22/h5-16,25H,4,17-18H2,1-3H3,(H,30,34)/t25-/m0/s1. The summed E-state index contributed by atoms with van der Waals surface area (Å²) in [5.74, 6) is -0.874. The van der Waals surface area contributed by atoms with E-state index in [2.05, 4.69) is 5.32 Å². The fourth-order valence-electron chi connectivity index (χ4n) is 3.95. The Morgan fingerprint density at radius 3 is 2.19 bits per heavy atom. The van der Waals surface area contributed by atoms with Crippen LogP contribution in [0.2, 0.25) is 10.0 Å². The van der Waals surface area contributed by atoms with Crippen molar-refractivity contribution in [2.45, 2.75) is 37.8 Å². The molecule has 0 fully saturated rings. The Morgan fingerprint density at radius 2 is 1.59 bits per heavy atom. The molecule has 0 bridgehead atoms. The highest BCUT2D eigenvalue weighted by molar-refractivity contribution is 7.92. The molecule has 37 heavy (non-hydrogen) atoms. The number of halogens is 2. The van der Waals surface area contributed by atoms with E-state index in [4.69, 9.17) is 23.2 Å². The van der Waals surface area contributed by atoms with Crippen molar-refractivity contribution in [2.75, 3.05) is 17.9 Å². The number of benzene rings is 3. The average Bonchev–Trinajstić information content (AvgIpc) is 2.90. The number of carbonyl (C=O) groups is 2. The van der Waals surface area contributed by atoms with E-state index in [0.717, 1.165) is 15.4 Å². The number of likely N-dealkylation sites (N-methyl/N-ethyl adjacent to an activating group) is 1. The van der Waals surface area contributed by atoms with Gasteiger partial charge in [-0.15, -0.1) is 0 Å². The SMILES string of the molecule is CC[C@@H](C(=O)NC)N(Cc1ccccc1C)C(=O)CN(c1ccc(Cl)c(Cl)c1)S(=O)(=O)c1ccccc1. The monoisotopic (exact) mass is 561 g/mol. The van der Waals surface area contributed by atoms with Crippen LogP contribution in [0, 0.1) is 6.92 Å². The zero-order chi connectivity index (χ0) is 27.2. The molecular formula is C27H29Cl2N3O4S. The van der Waals surface area contributed by atoms with Crippen LogP contribution in [0.4, 0.5) is 5.69 Å². The summed E-state index contributed by atoms with van der Waals surface area (Å²) in [6, 6.07) is 18.9. The topological polar surface area (TPSA) is 86.8 Å². The van der Waals surface area contributed by atoms with Crippen LogP contribution in [0.25, 0.3) is 0 Å². The molecule has 0 saturated heterocycles. The third-order valence-corrected chi connectivity index (χ3v) is 8.56. The molecule has 1 N–H and O–H groups in total. The van der Waals surface area contributed by atoms with Gasteiger partial charge >= 0.3 is 0 Å². The molecule has 0 aliphatic carbocycles. The van der Waals surface area contributed by atoms with Crippen molar-refractivity contribution in [1.82, 2.24) is 10.2 Å². The van der Waals surface area contributed by atoms with Crippen LogP contribution in [0.15, 0.2) is 77.7 Å². The van der Waals surface area contributed by atoms with Crippen molar-refractivity contribution in [2.24, 2.45) is 0 Å². The van der Waals surface area contributed by atoms with Crippen LogP contribution in [0.1, 0.15) is 24.5 Å². The number of aryl methyl sites for hydroxylation is 1. The van der Waals surface area contributed by atoms with Gasteiger partial charge in [-0.3, -0.25) is 13.9 Å². The number of hydrogen-bond donors (Lipinski definition) is 1. The van der Waals surface area contributed by atoms with E-state index >= 15 is 0 Å². The number of hydrogen-bond acceptors (Lipinski definition) is 4. The summed E-state index contributed by atoms with van der Waals surface area (Å²) >= 11 is 12.3. The van der Waals surface area contributed by atoms with Crippen LogP contribution in [-0.4, -0.2) is 44.8 Å². The minimum atomic E-state index is -4.17. The second-order valence-electron chi connectivity index (χ2n) is 8.41. The van der Waals surface area contributed by atoms with Gasteiger partial charge in [-0.1, -0.05) is 72.6 Å². The lowest BCUT2D eigenvalue weighted by atomic mass is 10.1.